The lowest BCUT2D eigenvalue weighted by Gasteiger charge is -2.19. The molecule has 100 valence electrons. The first-order valence-corrected chi connectivity index (χ1v) is 7.02. The zero-order valence-electron chi connectivity index (χ0n) is 11.2. The van der Waals surface area contributed by atoms with Crippen LogP contribution < -0.4 is 11.3 Å². The highest BCUT2D eigenvalue weighted by molar-refractivity contribution is 9.10. The molecule has 1 heterocycles. The van der Waals surface area contributed by atoms with E-state index in [2.05, 4.69) is 64.5 Å². The Morgan fingerprint density at radius 2 is 2.11 bits per heavy atom. The van der Waals surface area contributed by atoms with E-state index in [0.717, 1.165) is 16.5 Å². The van der Waals surface area contributed by atoms with Crippen molar-refractivity contribution in [1.29, 1.82) is 0 Å². The molecule has 1 aromatic carbocycles. The van der Waals surface area contributed by atoms with Gasteiger partial charge in [0.15, 0.2) is 0 Å². The number of hydrazine groups is 1. The number of nitrogens with one attached hydrogen (secondary N) is 1. The Labute approximate surface area is 122 Å². The number of nitrogens with two attached hydrogens (primary N) is 1. The lowest BCUT2D eigenvalue weighted by molar-refractivity contribution is 0.548. The summed E-state index contributed by atoms with van der Waals surface area (Å²) in [5, 5.41) is 0. The molecule has 0 fully saturated rings. The number of benzene rings is 1. The van der Waals surface area contributed by atoms with Gasteiger partial charge in [-0.1, -0.05) is 18.2 Å². The number of pyridine rings is 1. The minimum atomic E-state index is 0.0935. The molecule has 1 unspecified atom stereocenters. The van der Waals surface area contributed by atoms with Gasteiger partial charge in [0.2, 0.25) is 0 Å². The van der Waals surface area contributed by atoms with Gasteiger partial charge in [0.05, 0.1) is 6.04 Å². The molecule has 2 aromatic rings. The molecule has 0 bridgehead atoms. The topological polar surface area (TPSA) is 50.9 Å². The summed E-state index contributed by atoms with van der Waals surface area (Å²) in [6.07, 6.45) is 4.47. The predicted molar refractivity (Wildman–Crippen MR) is 81.6 cm³/mol. The second-order valence-electron chi connectivity index (χ2n) is 4.72. The maximum atomic E-state index is 5.73. The molecule has 1 atom stereocenters. The van der Waals surface area contributed by atoms with Crippen LogP contribution in [0.5, 0.6) is 0 Å². The summed E-state index contributed by atoms with van der Waals surface area (Å²) in [6.45, 7) is 4.25. The molecule has 0 radical (unpaired) electrons. The Bertz CT molecular complexity index is 569. The molecule has 0 aliphatic heterocycles. The molecule has 0 saturated carbocycles. The fraction of sp³-hybridized carbons (Fsp3) is 0.267. The quantitative estimate of drug-likeness (QED) is 0.672. The Morgan fingerprint density at radius 3 is 2.79 bits per heavy atom. The standard InChI is InChI=1S/C15H18BrN3/c1-10-4-3-5-14(11(10)2)15(19-17)7-12-6-13(16)9-18-8-12/h3-6,8-9,15,19H,7,17H2,1-2H3. The molecule has 0 spiro atoms. The van der Waals surface area contributed by atoms with Crippen LogP contribution in [0.4, 0.5) is 0 Å². The number of halogens is 1. The molecule has 2 rings (SSSR count). The average molecular weight is 320 g/mol. The third kappa shape index (κ3) is 3.41. The fourth-order valence-corrected chi connectivity index (χ4v) is 2.63. The van der Waals surface area contributed by atoms with E-state index in [0.29, 0.717) is 0 Å². The molecule has 3 N–H and O–H groups in total. The highest BCUT2D eigenvalue weighted by Gasteiger charge is 2.14. The highest BCUT2D eigenvalue weighted by Crippen LogP contribution is 2.23. The summed E-state index contributed by atoms with van der Waals surface area (Å²) in [7, 11) is 0. The van der Waals surface area contributed by atoms with Crippen LogP contribution in [0.3, 0.4) is 0 Å². The molecule has 3 nitrogen and oxygen atoms in total. The summed E-state index contributed by atoms with van der Waals surface area (Å²) in [5.41, 5.74) is 7.87. The van der Waals surface area contributed by atoms with Gasteiger partial charge < -0.3 is 0 Å². The van der Waals surface area contributed by atoms with Gasteiger partial charge in [0.1, 0.15) is 0 Å². The van der Waals surface area contributed by atoms with Crippen molar-refractivity contribution in [3.8, 4) is 0 Å². The zero-order chi connectivity index (χ0) is 13.8. The molecule has 4 heteroatoms. The van der Waals surface area contributed by atoms with Gasteiger partial charge in [-0.25, -0.2) is 0 Å². The van der Waals surface area contributed by atoms with Gasteiger partial charge in [0.25, 0.3) is 0 Å². The first-order valence-electron chi connectivity index (χ1n) is 6.23. The van der Waals surface area contributed by atoms with Crippen LogP contribution in [-0.4, -0.2) is 4.98 Å². The van der Waals surface area contributed by atoms with E-state index in [1.54, 1.807) is 6.20 Å². The van der Waals surface area contributed by atoms with Crippen molar-refractivity contribution in [2.75, 3.05) is 0 Å². The van der Waals surface area contributed by atoms with Crippen LogP contribution in [0.25, 0.3) is 0 Å². The van der Waals surface area contributed by atoms with E-state index in [9.17, 15) is 0 Å². The number of aryl methyl sites for hydroxylation is 1. The third-order valence-corrected chi connectivity index (χ3v) is 3.86. The van der Waals surface area contributed by atoms with Crippen LogP contribution in [0.2, 0.25) is 0 Å². The maximum Gasteiger partial charge on any atom is 0.0503 e. The lowest BCUT2D eigenvalue weighted by Crippen LogP contribution is -2.30. The van der Waals surface area contributed by atoms with Crippen molar-refractivity contribution >= 4 is 15.9 Å². The number of nitrogens with zero attached hydrogens (tertiary/aromatic N) is 1. The maximum absolute atomic E-state index is 5.73. The van der Waals surface area contributed by atoms with Gasteiger partial charge in [0, 0.05) is 16.9 Å². The van der Waals surface area contributed by atoms with E-state index in [1.807, 2.05) is 6.20 Å². The fourth-order valence-electron chi connectivity index (χ4n) is 2.21. The predicted octanol–water partition coefficient (Wildman–Crippen LogP) is 3.21. The molecule has 0 aliphatic rings. The van der Waals surface area contributed by atoms with Crippen molar-refractivity contribution in [3.63, 3.8) is 0 Å². The smallest absolute Gasteiger partial charge is 0.0503 e. The monoisotopic (exact) mass is 319 g/mol. The van der Waals surface area contributed by atoms with Crippen molar-refractivity contribution in [3.05, 3.63) is 63.4 Å². The third-order valence-electron chi connectivity index (χ3n) is 3.42. The van der Waals surface area contributed by atoms with Gasteiger partial charge in [-0.15, -0.1) is 0 Å². The Morgan fingerprint density at radius 1 is 1.32 bits per heavy atom. The normalized spacial score (nSPS) is 12.4. The number of aromatic nitrogens is 1. The van der Waals surface area contributed by atoms with Crippen LogP contribution in [-0.2, 0) is 6.42 Å². The summed E-state index contributed by atoms with van der Waals surface area (Å²) >= 11 is 3.44. The van der Waals surface area contributed by atoms with E-state index in [-0.39, 0.29) is 6.04 Å². The first kappa shape index (κ1) is 14.2. The van der Waals surface area contributed by atoms with Crippen molar-refractivity contribution < 1.29 is 0 Å². The Kier molecular flexibility index (Phi) is 4.69. The molecular weight excluding hydrogens is 302 g/mol. The molecule has 19 heavy (non-hydrogen) atoms. The second-order valence-corrected chi connectivity index (χ2v) is 5.64. The zero-order valence-corrected chi connectivity index (χ0v) is 12.7. The number of hydrogen-bond donors (Lipinski definition) is 2. The molecule has 1 aromatic heterocycles. The number of rotatable bonds is 4. The summed E-state index contributed by atoms with van der Waals surface area (Å²) in [6, 6.07) is 8.48. The van der Waals surface area contributed by atoms with Gasteiger partial charge in [-0.2, -0.15) is 0 Å². The molecule has 0 saturated heterocycles. The van der Waals surface area contributed by atoms with Gasteiger partial charge in [-0.3, -0.25) is 16.3 Å². The van der Waals surface area contributed by atoms with Crippen LogP contribution in [0.15, 0.2) is 41.1 Å². The minimum Gasteiger partial charge on any atom is -0.271 e. The minimum absolute atomic E-state index is 0.0935. The van der Waals surface area contributed by atoms with E-state index >= 15 is 0 Å². The highest BCUT2D eigenvalue weighted by atomic mass is 79.9. The largest absolute Gasteiger partial charge is 0.271 e. The Hall–Kier alpha value is -1.23. The molecule has 0 aliphatic carbocycles. The van der Waals surface area contributed by atoms with E-state index in [4.69, 9.17) is 5.84 Å². The molecule has 0 amide bonds. The summed E-state index contributed by atoms with van der Waals surface area (Å²) in [4.78, 5) is 4.19. The van der Waals surface area contributed by atoms with Crippen molar-refractivity contribution in [1.82, 2.24) is 10.4 Å². The number of hydrogen-bond acceptors (Lipinski definition) is 3. The van der Waals surface area contributed by atoms with Crippen LogP contribution in [0.1, 0.15) is 28.3 Å². The van der Waals surface area contributed by atoms with E-state index < -0.39 is 0 Å². The van der Waals surface area contributed by atoms with E-state index in [1.165, 1.54) is 16.7 Å². The van der Waals surface area contributed by atoms with Crippen LogP contribution in [0, 0.1) is 13.8 Å². The summed E-state index contributed by atoms with van der Waals surface area (Å²) in [5.74, 6) is 5.73. The van der Waals surface area contributed by atoms with Gasteiger partial charge >= 0.3 is 0 Å². The SMILES string of the molecule is Cc1cccc(C(Cc2cncc(Br)c2)NN)c1C. The first-order chi connectivity index (χ1) is 9.11. The lowest BCUT2D eigenvalue weighted by atomic mass is 9.94. The average Bonchev–Trinajstić information content (AvgIpc) is 2.40. The van der Waals surface area contributed by atoms with Crippen molar-refractivity contribution in [2.45, 2.75) is 26.3 Å². The van der Waals surface area contributed by atoms with Crippen LogP contribution >= 0.6 is 15.9 Å². The molecular formula is C15H18BrN3. The Balaban J connectivity index is 2.28. The van der Waals surface area contributed by atoms with Crippen molar-refractivity contribution in [2.24, 2.45) is 5.84 Å². The summed E-state index contributed by atoms with van der Waals surface area (Å²) < 4.78 is 0.988. The second kappa shape index (κ2) is 6.28. The van der Waals surface area contributed by atoms with Gasteiger partial charge in [-0.05, 0) is 64.5 Å².